The second-order valence-corrected chi connectivity index (χ2v) is 6.53. The first kappa shape index (κ1) is 16.5. The van der Waals surface area contributed by atoms with E-state index in [1.165, 1.54) is 0 Å². The fraction of sp³-hybridized carbons (Fsp3) is 0.625. The molecule has 0 radical (unpaired) electrons. The van der Waals surface area contributed by atoms with E-state index in [9.17, 15) is 14.4 Å². The highest BCUT2D eigenvalue weighted by molar-refractivity contribution is 6.08. The number of ether oxygens (including phenoxy) is 1. The zero-order valence-corrected chi connectivity index (χ0v) is 13.8. The number of carbonyl (C=O) groups excluding carboxylic acids is 3. The van der Waals surface area contributed by atoms with Gasteiger partial charge < -0.3 is 14.6 Å². The topological polar surface area (TPSA) is 102 Å². The smallest absolute Gasteiger partial charge is 0.326 e. The molecule has 1 aliphatic carbocycles. The molecule has 3 rings (SSSR count). The molecule has 1 saturated heterocycles. The SMILES string of the molecule is Cc1cc(COC(=O)CN2C(=O)N[C@]3(CCCC[C@H]3C)C2=O)no1. The van der Waals surface area contributed by atoms with Gasteiger partial charge >= 0.3 is 12.0 Å². The molecule has 1 aromatic heterocycles. The van der Waals surface area contributed by atoms with Gasteiger partial charge in [-0.1, -0.05) is 24.9 Å². The lowest BCUT2D eigenvalue weighted by molar-refractivity contribution is -0.149. The lowest BCUT2D eigenvalue weighted by Crippen LogP contribution is -2.54. The monoisotopic (exact) mass is 335 g/mol. The van der Waals surface area contributed by atoms with Crippen LogP contribution in [0.2, 0.25) is 0 Å². The van der Waals surface area contributed by atoms with E-state index >= 15 is 0 Å². The van der Waals surface area contributed by atoms with Crippen molar-refractivity contribution in [3.05, 3.63) is 17.5 Å². The highest BCUT2D eigenvalue weighted by Gasteiger charge is 2.55. The van der Waals surface area contributed by atoms with Crippen molar-refractivity contribution < 1.29 is 23.6 Å². The van der Waals surface area contributed by atoms with Crippen LogP contribution in [0.5, 0.6) is 0 Å². The fourth-order valence-electron chi connectivity index (χ4n) is 3.45. The summed E-state index contributed by atoms with van der Waals surface area (Å²) in [6.07, 6.45) is 3.43. The standard InChI is InChI=1S/C16H21N3O5/c1-10-5-3-4-6-16(10)14(21)19(15(22)17-16)8-13(20)23-9-12-7-11(2)24-18-12/h7,10H,3-6,8-9H2,1-2H3,(H,17,22)/t10-,16+/m1/s1. The average Bonchev–Trinajstić information content (AvgIpc) is 3.06. The number of nitrogens with zero attached hydrogens (tertiary/aromatic N) is 2. The minimum Gasteiger partial charge on any atom is -0.458 e. The van der Waals surface area contributed by atoms with Crippen LogP contribution in [0.1, 0.15) is 44.1 Å². The minimum absolute atomic E-state index is 0.0542. The zero-order chi connectivity index (χ0) is 17.3. The van der Waals surface area contributed by atoms with Crippen LogP contribution in [-0.2, 0) is 20.9 Å². The molecule has 8 nitrogen and oxygen atoms in total. The number of carbonyl (C=O) groups is 3. The molecule has 2 atom stereocenters. The molecular formula is C16H21N3O5. The van der Waals surface area contributed by atoms with Gasteiger partial charge in [0.1, 0.15) is 30.1 Å². The maximum Gasteiger partial charge on any atom is 0.326 e. The molecule has 2 fully saturated rings. The number of nitrogens with one attached hydrogen (secondary N) is 1. The molecule has 0 bridgehead atoms. The largest absolute Gasteiger partial charge is 0.458 e. The Morgan fingerprint density at radius 3 is 2.96 bits per heavy atom. The number of esters is 1. The Hall–Kier alpha value is -2.38. The molecule has 8 heteroatoms. The van der Waals surface area contributed by atoms with Gasteiger partial charge in [-0.15, -0.1) is 0 Å². The maximum atomic E-state index is 12.7. The molecule has 1 aromatic rings. The van der Waals surface area contributed by atoms with Crippen molar-refractivity contribution in [3.63, 3.8) is 0 Å². The van der Waals surface area contributed by atoms with Crippen LogP contribution < -0.4 is 5.32 Å². The third-order valence-corrected chi connectivity index (χ3v) is 4.85. The predicted molar refractivity (Wildman–Crippen MR) is 81.6 cm³/mol. The zero-order valence-electron chi connectivity index (χ0n) is 13.8. The van der Waals surface area contributed by atoms with Gasteiger partial charge in [-0.25, -0.2) is 4.79 Å². The summed E-state index contributed by atoms with van der Waals surface area (Å²) in [6, 6.07) is 1.13. The van der Waals surface area contributed by atoms with Gasteiger partial charge in [0.05, 0.1) is 0 Å². The number of hydrogen-bond donors (Lipinski definition) is 1. The van der Waals surface area contributed by atoms with Crippen molar-refractivity contribution >= 4 is 17.9 Å². The fourth-order valence-corrected chi connectivity index (χ4v) is 3.45. The summed E-state index contributed by atoms with van der Waals surface area (Å²) >= 11 is 0. The Kier molecular flexibility index (Phi) is 4.29. The summed E-state index contributed by atoms with van der Waals surface area (Å²) in [6.45, 7) is 3.25. The summed E-state index contributed by atoms with van der Waals surface area (Å²) in [5, 5.41) is 6.52. The van der Waals surface area contributed by atoms with Crippen molar-refractivity contribution in [2.45, 2.75) is 51.7 Å². The Morgan fingerprint density at radius 2 is 2.29 bits per heavy atom. The van der Waals surface area contributed by atoms with Crippen molar-refractivity contribution in [3.8, 4) is 0 Å². The van der Waals surface area contributed by atoms with E-state index < -0.39 is 24.1 Å². The van der Waals surface area contributed by atoms with Gasteiger partial charge in [0.2, 0.25) is 0 Å². The van der Waals surface area contributed by atoms with Crippen molar-refractivity contribution in [1.29, 1.82) is 0 Å². The van der Waals surface area contributed by atoms with Gasteiger partial charge in [-0.05, 0) is 25.7 Å². The summed E-state index contributed by atoms with van der Waals surface area (Å²) in [5.41, 5.74) is -0.380. The first-order chi connectivity index (χ1) is 11.4. The van der Waals surface area contributed by atoms with E-state index in [-0.39, 0.29) is 18.4 Å². The normalized spacial score (nSPS) is 26.8. The number of amides is 3. The first-order valence-electron chi connectivity index (χ1n) is 8.14. The van der Waals surface area contributed by atoms with Crippen LogP contribution in [0.25, 0.3) is 0 Å². The number of aromatic nitrogens is 1. The molecule has 0 aromatic carbocycles. The van der Waals surface area contributed by atoms with E-state index in [0.717, 1.165) is 24.2 Å². The quantitative estimate of drug-likeness (QED) is 0.661. The van der Waals surface area contributed by atoms with Crippen LogP contribution in [0, 0.1) is 12.8 Å². The van der Waals surface area contributed by atoms with Crippen LogP contribution in [0.4, 0.5) is 4.79 Å². The average molecular weight is 335 g/mol. The van der Waals surface area contributed by atoms with Crippen LogP contribution in [0.15, 0.2) is 10.6 Å². The molecule has 1 aliphatic heterocycles. The third-order valence-electron chi connectivity index (χ3n) is 4.85. The van der Waals surface area contributed by atoms with Crippen LogP contribution in [0.3, 0.4) is 0 Å². The number of rotatable bonds is 4. The van der Waals surface area contributed by atoms with Gasteiger partial charge in [0.15, 0.2) is 0 Å². The van der Waals surface area contributed by atoms with E-state index in [4.69, 9.17) is 9.26 Å². The second kappa shape index (κ2) is 6.26. The predicted octanol–water partition coefficient (Wildman–Crippen LogP) is 1.53. The van der Waals surface area contributed by atoms with E-state index in [1.54, 1.807) is 13.0 Å². The highest BCUT2D eigenvalue weighted by atomic mass is 16.5. The lowest BCUT2D eigenvalue weighted by atomic mass is 9.73. The van der Waals surface area contributed by atoms with Crippen LogP contribution in [-0.4, -0.2) is 40.0 Å². The van der Waals surface area contributed by atoms with Crippen LogP contribution >= 0.6 is 0 Å². The molecule has 2 aliphatic rings. The Bertz CT molecular complexity index is 670. The summed E-state index contributed by atoms with van der Waals surface area (Å²) < 4.78 is 9.95. The Labute approximate surface area is 139 Å². The summed E-state index contributed by atoms with van der Waals surface area (Å²) in [4.78, 5) is 37.8. The number of hydrogen-bond acceptors (Lipinski definition) is 6. The molecule has 2 heterocycles. The molecule has 24 heavy (non-hydrogen) atoms. The minimum atomic E-state index is -0.862. The van der Waals surface area contributed by atoms with Crippen molar-refractivity contribution in [2.75, 3.05) is 6.54 Å². The van der Waals surface area contributed by atoms with E-state index in [2.05, 4.69) is 10.5 Å². The molecule has 1 saturated carbocycles. The molecular weight excluding hydrogens is 314 g/mol. The Morgan fingerprint density at radius 1 is 1.50 bits per heavy atom. The number of imide groups is 1. The molecule has 1 spiro atoms. The van der Waals surface area contributed by atoms with Gasteiger partial charge in [0.25, 0.3) is 5.91 Å². The van der Waals surface area contributed by atoms with E-state index in [0.29, 0.717) is 17.9 Å². The van der Waals surface area contributed by atoms with Gasteiger partial charge in [0, 0.05) is 6.07 Å². The Balaban J connectivity index is 1.61. The molecule has 0 unspecified atom stereocenters. The second-order valence-electron chi connectivity index (χ2n) is 6.53. The molecule has 3 amide bonds. The summed E-state index contributed by atoms with van der Waals surface area (Å²) in [7, 11) is 0. The van der Waals surface area contributed by atoms with Gasteiger partial charge in [-0.2, -0.15) is 0 Å². The van der Waals surface area contributed by atoms with E-state index in [1.807, 2.05) is 6.92 Å². The van der Waals surface area contributed by atoms with Crippen molar-refractivity contribution in [2.24, 2.45) is 5.92 Å². The molecule has 1 N–H and O–H groups in total. The lowest BCUT2D eigenvalue weighted by Gasteiger charge is -2.36. The van der Waals surface area contributed by atoms with Crippen molar-refractivity contribution in [1.82, 2.24) is 15.4 Å². The first-order valence-corrected chi connectivity index (χ1v) is 8.14. The highest BCUT2D eigenvalue weighted by Crippen LogP contribution is 2.38. The number of urea groups is 1. The number of aryl methyl sites for hydroxylation is 1. The summed E-state index contributed by atoms with van der Waals surface area (Å²) in [5.74, 6) is -0.307. The third kappa shape index (κ3) is 2.88. The van der Waals surface area contributed by atoms with Gasteiger partial charge in [-0.3, -0.25) is 14.5 Å². The molecule has 130 valence electrons. The maximum absolute atomic E-state index is 12.7.